The van der Waals surface area contributed by atoms with E-state index in [1.54, 1.807) is 6.07 Å². The van der Waals surface area contributed by atoms with Crippen molar-refractivity contribution in [2.45, 2.75) is 19.2 Å². The van der Waals surface area contributed by atoms with Gasteiger partial charge in [-0.25, -0.2) is 0 Å². The Bertz CT molecular complexity index is 386. The molecule has 2 rings (SSSR count). The molecule has 5 heteroatoms. The van der Waals surface area contributed by atoms with E-state index in [1.807, 2.05) is 6.92 Å². The molecule has 17 heavy (non-hydrogen) atoms. The summed E-state index contributed by atoms with van der Waals surface area (Å²) >= 11 is 0. The molecule has 0 saturated carbocycles. The highest BCUT2D eigenvalue weighted by atomic mass is 19.4. The van der Waals surface area contributed by atoms with Gasteiger partial charge in [0.05, 0.1) is 5.56 Å². The number of halogens is 3. The normalized spacial score (nSPS) is 17.9. The summed E-state index contributed by atoms with van der Waals surface area (Å²) in [4.78, 5) is 2.16. The van der Waals surface area contributed by atoms with Crippen LogP contribution in [0.5, 0.6) is 5.75 Å². The lowest BCUT2D eigenvalue weighted by atomic mass is 10.1. The van der Waals surface area contributed by atoms with Crippen LogP contribution in [-0.2, 0) is 6.18 Å². The molecule has 0 N–H and O–H groups in total. The third-order valence-corrected chi connectivity index (χ3v) is 2.83. The molecule has 1 fully saturated rings. The van der Waals surface area contributed by atoms with Crippen LogP contribution in [0.4, 0.5) is 13.2 Å². The molecule has 0 aliphatic carbocycles. The van der Waals surface area contributed by atoms with Gasteiger partial charge in [-0.1, -0.05) is 13.0 Å². The first kappa shape index (κ1) is 12.2. The Balaban J connectivity index is 1.98. The Labute approximate surface area is 98.0 Å². The van der Waals surface area contributed by atoms with Crippen molar-refractivity contribution in [3.8, 4) is 5.75 Å². The summed E-state index contributed by atoms with van der Waals surface area (Å²) in [5.74, 6) is 0.292. The lowest BCUT2D eigenvalue weighted by molar-refractivity contribution is -0.137. The van der Waals surface area contributed by atoms with Gasteiger partial charge in [-0.05, 0) is 24.7 Å². The number of alkyl halides is 3. The first-order valence-electron chi connectivity index (χ1n) is 5.55. The molecule has 0 spiro atoms. The van der Waals surface area contributed by atoms with E-state index in [0.29, 0.717) is 5.75 Å². The van der Waals surface area contributed by atoms with Crippen LogP contribution in [0.1, 0.15) is 12.5 Å². The van der Waals surface area contributed by atoms with Crippen molar-refractivity contribution in [2.24, 2.45) is 0 Å². The van der Waals surface area contributed by atoms with Gasteiger partial charge in [0.2, 0.25) is 0 Å². The monoisotopic (exact) mass is 245 g/mol. The van der Waals surface area contributed by atoms with Gasteiger partial charge in [0.25, 0.3) is 0 Å². The van der Waals surface area contributed by atoms with E-state index in [1.165, 1.54) is 6.07 Å². The number of hydrogen-bond donors (Lipinski definition) is 0. The third kappa shape index (κ3) is 2.91. The van der Waals surface area contributed by atoms with Crippen molar-refractivity contribution in [1.82, 2.24) is 4.90 Å². The van der Waals surface area contributed by atoms with Crippen molar-refractivity contribution in [2.75, 3.05) is 19.6 Å². The molecule has 1 heterocycles. The molecule has 1 aromatic rings. The standard InChI is InChI=1S/C12H14F3NO/c1-2-16-7-11(8-16)17-10-5-3-4-9(6-10)12(13,14)15/h3-6,11H,2,7-8H2,1H3. The van der Waals surface area contributed by atoms with Crippen molar-refractivity contribution in [1.29, 1.82) is 0 Å². The molecular formula is C12H14F3NO. The summed E-state index contributed by atoms with van der Waals surface area (Å²) in [7, 11) is 0. The van der Waals surface area contributed by atoms with Gasteiger partial charge in [0, 0.05) is 13.1 Å². The van der Waals surface area contributed by atoms with Crippen molar-refractivity contribution in [3.63, 3.8) is 0 Å². The summed E-state index contributed by atoms with van der Waals surface area (Å²) in [5, 5.41) is 0. The number of likely N-dealkylation sites (N-methyl/N-ethyl adjacent to an activating group) is 1. The van der Waals surface area contributed by atoms with Crippen LogP contribution in [0.2, 0.25) is 0 Å². The van der Waals surface area contributed by atoms with Crippen LogP contribution < -0.4 is 4.74 Å². The zero-order valence-corrected chi connectivity index (χ0v) is 9.50. The Morgan fingerprint density at radius 2 is 2.06 bits per heavy atom. The average Bonchev–Trinajstić information content (AvgIpc) is 2.22. The van der Waals surface area contributed by atoms with E-state index < -0.39 is 11.7 Å². The molecule has 1 aliphatic heterocycles. The van der Waals surface area contributed by atoms with Crippen molar-refractivity contribution < 1.29 is 17.9 Å². The number of likely N-dealkylation sites (tertiary alicyclic amines) is 1. The smallest absolute Gasteiger partial charge is 0.416 e. The quantitative estimate of drug-likeness (QED) is 0.812. The molecule has 0 aromatic heterocycles. The maximum absolute atomic E-state index is 12.5. The van der Waals surface area contributed by atoms with Crippen molar-refractivity contribution in [3.05, 3.63) is 29.8 Å². The second-order valence-electron chi connectivity index (χ2n) is 4.12. The van der Waals surface area contributed by atoms with E-state index in [0.717, 1.165) is 31.8 Å². The van der Waals surface area contributed by atoms with Crippen LogP contribution in [0.25, 0.3) is 0 Å². The van der Waals surface area contributed by atoms with E-state index in [2.05, 4.69) is 4.90 Å². The predicted molar refractivity (Wildman–Crippen MR) is 58.0 cm³/mol. The summed E-state index contributed by atoms with van der Waals surface area (Å²) in [6.07, 6.45) is -4.30. The molecule has 1 aliphatic rings. The fourth-order valence-electron chi connectivity index (χ4n) is 1.79. The fourth-order valence-corrected chi connectivity index (χ4v) is 1.79. The lowest BCUT2D eigenvalue weighted by Gasteiger charge is -2.38. The second-order valence-corrected chi connectivity index (χ2v) is 4.12. The van der Waals surface area contributed by atoms with E-state index >= 15 is 0 Å². The molecule has 0 radical (unpaired) electrons. The van der Waals surface area contributed by atoms with Gasteiger partial charge in [0.15, 0.2) is 0 Å². The van der Waals surface area contributed by atoms with Gasteiger partial charge >= 0.3 is 6.18 Å². The zero-order chi connectivity index (χ0) is 12.5. The summed E-state index contributed by atoms with van der Waals surface area (Å²) in [6, 6.07) is 5.03. The average molecular weight is 245 g/mol. The maximum Gasteiger partial charge on any atom is 0.416 e. The molecule has 0 bridgehead atoms. The van der Waals surface area contributed by atoms with Gasteiger partial charge in [-0.2, -0.15) is 13.2 Å². The van der Waals surface area contributed by atoms with E-state index in [-0.39, 0.29) is 6.10 Å². The zero-order valence-electron chi connectivity index (χ0n) is 9.50. The number of hydrogen-bond acceptors (Lipinski definition) is 2. The molecule has 1 saturated heterocycles. The van der Waals surface area contributed by atoms with Crippen LogP contribution in [0.3, 0.4) is 0 Å². The molecule has 1 aromatic carbocycles. The number of nitrogens with zero attached hydrogens (tertiary/aromatic N) is 1. The topological polar surface area (TPSA) is 12.5 Å². The molecule has 0 unspecified atom stereocenters. The summed E-state index contributed by atoms with van der Waals surface area (Å²) < 4.78 is 42.8. The highest BCUT2D eigenvalue weighted by molar-refractivity contribution is 5.30. The largest absolute Gasteiger partial charge is 0.488 e. The van der Waals surface area contributed by atoms with Crippen molar-refractivity contribution >= 4 is 0 Å². The van der Waals surface area contributed by atoms with Gasteiger partial charge in [-0.15, -0.1) is 0 Å². The minimum Gasteiger partial charge on any atom is -0.488 e. The second kappa shape index (κ2) is 4.56. The van der Waals surface area contributed by atoms with Gasteiger partial charge in [0.1, 0.15) is 11.9 Å². The number of ether oxygens (including phenoxy) is 1. The van der Waals surface area contributed by atoms with Crippen LogP contribution in [0, 0.1) is 0 Å². The maximum atomic E-state index is 12.5. The summed E-state index contributed by atoms with van der Waals surface area (Å²) in [5.41, 5.74) is -0.665. The highest BCUT2D eigenvalue weighted by Crippen LogP contribution is 2.31. The van der Waals surface area contributed by atoms with Crippen LogP contribution in [-0.4, -0.2) is 30.6 Å². The van der Waals surface area contributed by atoms with Gasteiger partial charge < -0.3 is 4.74 Å². The van der Waals surface area contributed by atoms with E-state index in [9.17, 15) is 13.2 Å². The molecule has 0 atom stereocenters. The molecule has 94 valence electrons. The SMILES string of the molecule is CCN1CC(Oc2cccc(C(F)(F)F)c2)C1. The summed E-state index contributed by atoms with van der Waals surface area (Å²) in [6.45, 7) is 4.56. The minimum absolute atomic E-state index is 0.0124. The third-order valence-electron chi connectivity index (χ3n) is 2.83. The number of benzene rings is 1. The fraction of sp³-hybridized carbons (Fsp3) is 0.500. The Morgan fingerprint density at radius 3 is 2.65 bits per heavy atom. The molecule has 0 amide bonds. The Morgan fingerprint density at radius 1 is 1.35 bits per heavy atom. The molecular weight excluding hydrogens is 231 g/mol. The molecule has 2 nitrogen and oxygen atoms in total. The Hall–Kier alpha value is -1.23. The first-order valence-corrected chi connectivity index (χ1v) is 5.55. The Kier molecular flexibility index (Phi) is 3.28. The first-order chi connectivity index (χ1) is 7.99. The van der Waals surface area contributed by atoms with Crippen LogP contribution >= 0.6 is 0 Å². The van der Waals surface area contributed by atoms with Gasteiger partial charge in [-0.3, -0.25) is 4.90 Å². The highest BCUT2D eigenvalue weighted by Gasteiger charge is 2.31. The minimum atomic E-state index is -4.31. The number of rotatable bonds is 3. The predicted octanol–water partition coefficient (Wildman–Crippen LogP) is 2.79. The van der Waals surface area contributed by atoms with Crippen LogP contribution in [0.15, 0.2) is 24.3 Å². The van der Waals surface area contributed by atoms with E-state index in [4.69, 9.17) is 4.74 Å². The lowest BCUT2D eigenvalue weighted by Crippen LogP contribution is -2.53.